The molecule has 7 heteroatoms. The van der Waals surface area contributed by atoms with Gasteiger partial charge in [-0.2, -0.15) is 10.5 Å². The third-order valence-electron chi connectivity index (χ3n) is 3.16. The monoisotopic (exact) mass is 337 g/mol. The second-order valence-electron chi connectivity index (χ2n) is 4.50. The van der Waals surface area contributed by atoms with Gasteiger partial charge < -0.3 is 10.1 Å². The van der Waals surface area contributed by atoms with Gasteiger partial charge in [0.05, 0.1) is 18.2 Å². The number of ether oxygens (including phenoxy) is 1. The molecular weight excluding hydrogens is 326 g/mol. The van der Waals surface area contributed by atoms with E-state index >= 15 is 0 Å². The van der Waals surface area contributed by atoms with Gasteiger partial charge in [0, 0.05) is 11.1 Å². The predicted molar refractivity (Wildman–Crippen MR) is 89.6 cm³/mol. The van der Waals surface area contributed by atoms with Crippen LogP contribution < -0.4 is 5.32 Å². The molecule has 0 aliphatic carbocycles. The Morgan fingerprint density at radius 2 is 1.83 bits per heavy atom. The third-order valence-corrected chi connectivity index (χ3v) is 4.18. The summed E-state index contributed by atoms with van der Waals surface area (Å²) in [6, 6.07) is 9.83. The Kier molecular flexibility index (Phi) is 5.10. The van der Waals surface area contributed by atoms with Gasteiger partial charge in [-0.15, -0.1) is 11.3 Å². The van der Waals surface area contributed by atoms with Crippen molar-refractivity contribution in [2.75, 3.05) is 12.4 Å². The maximum atomic E-state index is 12.3. The van der Waals surface area contributed by atoms with Crippen molar-refractivity contribution in [3.05, 3.63) is 58.0 Å². The van der Waals surface area contributed by atoms with Gasteiger partial charge in [0.2, 0.25) is 0 Å². The summed E-state index contributed by atoms with van der Waals surface area (Å²) in [5.41, 5.74) is 1.23. The predicted octanol–water partition coefficient (Wildman–Crippen LogP) is 3.17. The van der Waals surface area contributed by atoms with Gasteiger partial charge in [-0.1, -0.05) is 12.7 Å². The van der Waals surface area contributed by atoms with Crippen molar-refractivity contribution in [3.8, 4) is 12.1 Å². The second-order valence-corrected chi connectivity index (χ2v) is 5.52. The van der Waals surface area contributed by atoms with Crippen molar-refractivity contribution >= 4 is 34.3 Å². The number of nitriles is 2. The molecule has 0 saturated heterocycles. The van der Waals surface area contributed by atoms with Crippen LogP contribution in [0.1, 0.15) is 36.7 Å². The summed E-state index contributed by atoms with van der Waals surface area (Å²) in [5, 5.41) is 21.2. The summed E-state index contributed by atoms with van der Waals surface area (Å²) in [7, 11) is 1.27. The minimum Gasteiger partial charge on any atom is -0.465 e. The number of anilines is 1. The van der Waals surface area contributed by atoms with E-state index in [0.29, 0.717) is 21.6 Å². The fourth-order valence-electron chi connectivity index (χ4n) is 1.97. The van der Waals surface area contributed by atoms with Gasteiger partial charge in [-0.05, 0) is 24.3 Å². The van der Waals surface area contributed by atoms with Crippen LogP contribution in [-0.4, -0.2) is 19.0 Å². The Balaban J connectivity index is 2.29. The third kappa shape index (κ3) is 3.17. The number of hydrogen-bond donors (Lipinski definition) is 1. The maximum absolute atomic E-state index is 12.3. The molecule has 0 aliphatic heterocycles. The number of benzene rings is 1. The first-order chi connectivity index (χ1) is 11.5. The molecule has 0 radical (unpaired) electrons. The van der Waals surface area contributed by atoms with Gasteiger partial charge in [-0.3, -0.25) is 4.79 Å². The Labute approximate surface area is 142 Å². The van der Waals surface area contributed by atoms with Crippen molar-refractivity contribution in [1.82, 2.24) is 0 Å². The number of nitrogens with zero attached hydrogens (tertiary/aromatic N) is 2. The van der Waals surface area contributed by atoms with Crippen LogP contribution in [0.2, 0.25) is 0 Å². The van der Waals surface area contributed by atoms with Gasteiger partial charge in [0.25, 0.3) is 5.91 Å². The molecule has 1 aromatic carbocycles. The first-order valence-corrected chi connectivity index (χ1v) is 7.46. The van der Waals surface area contributed by atoms with Crippen LogP contribution in [-0.2, 0) is 4.74 Å². The highest BCUT2D eigenvalue weighted by atomic mass is 32.1. The molecule has 2 rings (SSSR count). The molecular formula is C17H11N3O3S. The van der Waals surface area contributed by atoms with Crippen LogP contribution in [0.4, 0.5) is 5.00 Å². The summed E-state index contributed by atoms with van der Waals surface area (Å²) < 4.78 is 4.59. The van der Waals surface area contributed by atoms with Crippen molar-refractivity contribution in [3.63, 3.8) is 0 Å². The van der Waals surface area contributed by atoms with E-state index in [1.165, 1.54) is 37.5 Å². The van der Waals surface area contributed by atoms with Crippen LogP contribution in [0.15, 0.2) is 30.8 Å². The van der Waals surface area contributed by atoms with E-state index in [1.807, 2.05) is 12.1 Å². The van der Waals surface area contributed by atoms with E-state index in [2.05, 4.69) is 16.6 Å². The lowest BCUT2D eigenvalue weighted by atomic mass is 10.1. The van der Waals surface area contributed by atoms with Crippen LogP contribution in [0, 0.1) is 22.7 Å². The van der Waals surface area contributed by atoms with E-state index in [0.717, 1.165) is 11.3 Å². The number of carbonyl (C=O) groups excluding carboxylic acids is 2. The number of rotatable bonds is 4. The molecule has 0 atom stereocenters. The highest BCUT2D eigenvalue weighted by molar-refractivity contribution is 7.17. The van der Waals surface area contributed by atoms with Crippen molar-refractivity contribution in [2.24, 2.45) is 0 Å². The smallest absolute Gasteiger partial charge is 0.337 e. The SMILES string of the molecule is C=Cc1c(C#N)sc(NC(=O)c2ccc(C(=O)OC)cc2)c1C#N. The maximum Gasteiger partial charge on any atom is 0.337 e. The molecule has 1 aromatic heterocycles. The molecule has 1 heterocycles. The molecule has 0 aliphatic rings. The van der Waals surface area contributed by atoms with E-state index < -0.39 is 11.9 Å². The number of methoxy groups -OCH3 is 1. The van der Waals surface area contributed by atoms with E-state index in [1.54, 1.807) is 0 Å². The van der Waals surface area contributed by atoms with Gasteiger partial charge in [0.1, 0.15) is 22.0 Å². The summed E-state index contributed by atoms with van der Waals surface area (Å²) in [6.45, 7) is 3.58. The lowest BCUT2D eigenvalue weighted by Crippen LogP contribution is -2.12. The Morgan fingerprint density at radius 1 is 1.21 bits per heavy atom. The van der Waals surface area contributed by atoms with Crippen LogP contribution >= 0.6 is 11.3 Å². The van der Waals surface area contributed by atoms with Crippen LogP contribution in [0.25, 0.3) is 6.08 Å². The number of nitrogens with one attached hydrogen (secondary N) is 1. The van der Waals surface area contributed by atoms with Crippen LogP contribution in [0.5, 0.6) is 0 Å². The standard InChI is InChI=1S/C17H11N3O3S/c1-3-12-13(8-18)16(24-14(12)9-19)20-15(21)10-4-6-11(7-5-10)17(22)23-2/h3-7H,1H2,2H3,(H,20,21). The average Bonchev–Trinajstić information content (AvgIpc) is 2.97. The quantitative estimate of drug-likeness (QED) is 0.863. The zero-order valence-corrected chi connectivity index (χ0v) is 13.4. The topological polar surface area (TPSA) is 103 Å². The molecule has 0 bridgehead atoms. The molecule has 0 fully saturated rings. The van der Waals surface area contributed by atoms with E-state index in [4.69, 9.17) is 5.26 Å². The van der Waals surface area contributed by atoms with Gasteiger partial charge in [0.15, 0.2) is 0 Å². The zero-order chi connectivity index (χ0) is 17.7. The Morgan fingerprint density at radius 3 is 2.33 bits per heavy atom. The normalized spacial score (nSPS) is 9.46. The fraction of sp³-hybridized carbons (Fsp3) is 0.0588. The molecule has 0 saturated carbocycles. The first-order valence-electron chi connectivity index (χ1n) is 6.64. The van der Waals surface area contributed by atoms with Crippen LogP contribution in [0.3, 0.4) is 0 Å². The number of amides is 1. The number of esters is 1. The molecule has 118 valence electrons. The molecule has 24 heavy (non-hydrogen) atoms. The Bertz CT molecular complexity index is 899. The number of carbonyl (C=O) groups is 2. The molecule has 0 spiro atoms. The van der Waals surface area contributed by atoms with Gasteiger partial charge >= 0.3 is 5.97 Å². The fourth-order valence-corrected chi connectivity index (χ4v) is 2.92. The summed E-state index contributed by atoms with van der Waals surface area (Å²) in [4.78, 5) is 24.0. The second kappa shape index (κ2) is 7.23. The largest absolute Gasteiger partial charge is 0.465 e. The highest BCUT2D eigenvalue weighted by Crippen LogP contribution is 2.33. The van der Waals surface area contributed by atoms with E-state index in [-0.39, 0.29) is 10.6 Å². The summed E-state index contributed by atoms with van der Waals surface area (Å²) in [6.07, 6.45) is 1.41. The van der Waals surface area contributed by atoms with Crippen molar-refractivity contribution < 1.29 is 14.3 Å². The lowest BCUT2D eigenvalue weighted by Gasteiger charge is -2.04. The molecule has 1 N–H and O–H groups in total. The highest BCUT2D eigenvalue weighted by Gasteiger charge is 2.18. The first kappa shape index (κ1) is 16.9. The minimum absolute atomic E-state index is 0.200. The minimum atomic E-state index is -0.499. The molecule has 6 nitrogen and oxygen atoms in total. The van der Waals surface area contributed by atoms with Gasteiger partial charge in [-0.25, -0.2) is 4.79 Å². The van der Waals surface area contributed by atoms with E-state index in [9.17, 15) is 14.9 Å². The number of hydrogen-bond acceptors (Lipinski definition) is 6. The molecule has 2 aromatic rings. The average molecular weight is 337 g/mol. The zero-order valence-electron chi connectivity index (χ0n) is 12.6. The summed E-state index contributed by atoms with van der Waals surface area (Å²) >= 11 is 1.01. The molecule has 0 unspecified atom stereocenters. The molecule has 1 amide bonds. The van der Waals surface area contributed by atoms with Crippen molar-refractivity contribution in [1.29, 1.82) is 10.5 Å². The number of thiophene rings is 1. The Hall–Kier alpha value is -3.42. The van der Waals surface area contributed by atoms with Crippen molar-refractivity contribution in [2.45, 2.75) is 0 Å². The lowest BCUT2D eigenvalue weighted by molar-refractivity contribution is 0.0600. The summed E-state index contributed by atoms with van der Waals surface area (Å²) in [5.74, 6) is -0.953.